The molecule has 0 spiro atoms. The van der Waals surface area contributed by atoms with E-state index < -0.39 is 11.9 Å². The van der Waals surface area contributed by atoms with Crippen LogP contribution in [0.4, 0.5) is 0 Å². The monoisotopic (exact) mass is 362 g/mol. The van der Waals surface area contributed by atoms with E-state index in [1.807, 2.05) is 24.0 Å². The Bertz CT molecular complexity index is 654. The third-order valence-corrected chi connectivity index (χ3v) is 5.11. The number of hydrogen-bond donors (Lipinski definition) is 1. The van der Waals surface area contributed by atoms with E-state index in [0.717, 1.165) is 12.0 Å². The zero-order chi connectivity index (χ0) is 18.4. The summed E-state index contributed by atoms with van der Waals surface area (Å²) in [5.41, 5.74) is 1.00. The van der Waals surface area contributed by atoms with Crippen LogP contribution < -0.4 is 0 Å². The van der Waals surface area contributed by atoms with E-state index in [4.69, 9.17) is 22.0 Å². The lowest BCUT2D eigenvalue weighted by atomic mass is 9.84. The van der Waals surface area contributed by atoms with Gasteiger partial charge in [0.05, 0.1) is 18.5 Å². The Labute approximate surface area is 153 Å². The highest BCUT2D eigenvalue weighted by Crippen LogP contribution is 2.38. The minimum absolute atomic E-state index is 0.0653. The smallest absolute Gasteiger partial charge is 0.304 e. The molecule has 1 saturated heterocycles. The van der Waals surface area contributed by atoms with E-state index in [0.29, 0.717) is 30.7 Å². The zero-order valence-corrected chi connectivity index (χ0v) is 15.1. The van der Waals surface area contributed by atoms with E-state index in [-0.39, 0.29) is 24.4 Å². The molecule has 0 saturated carbocycles. The van der Waals surface area contributed by atoms with Crippen molar-refractivity contribution in [1.29, 1.82) is 5.26 Å². The first-order valence-corrected chi connectivity index (χ1v) is 9.02. The quantitative estimate of drug-likeness (QED) is 0.788. The van der Waals surface area contributed by atoms with Gasteiger partial charge in [0.15, 0.2) is 0 Å². The number of aliphatic carboxylic acids is 1. The van der Waals surface area contributed by atoms with Crippen LogP contribution in [-0.4, -0.2) is 27.9 Å². The van der Waals surface area contributed by atoms with Gasteiger partial charge in [0.1, 0.15) is 0 Å². The van der Waals surface area contributed by atoms with Crippen molar-refractivity contribution in [3.05, 3.63) is 34.9 Å². The summed E-state index contributed by atoms with van der Waals surface area (Å²) in [4.78, 5) is 26.0. The highest BCUT2D eigenvalue weighted by molar-refractivity contribution is 6.30. The second-order valence-corrected chi connectivity index (χ2v) is 6.88. The Kier molecular flexibility index (Phi) is 6.83. The van der Waals surface area contributed by atoms with Crippen molar-refractivity contribution in [3.63, 3.8) is 0 Å². The molecule has 1 aliphatic heterocycles. The minimum Gasteiger partial charge on any atom is -0.481 e. The molecule has 1 aliphatic rings. The molecule has 3 atom stereocenters. The van der Waals surface area contributed by atoms with Gasteiger partial charge in [-0.05, 0) is 43.4 Å². The van der Waals surface area contributed by atoms with Gasteiger partial charge in [0.2, 0.25) is 5.91 Å². The number of piperidine rings is 1. The SMILES string of the molecule is CC[C@@H](CCC#N)N1C(=O)[C@@H](CC(=O)O)CCC1c1ccc(Cl)cc1. The van der Waals surface area contributed by atoms with Crippen molar-refractivity contribution in [2.24, 2.45) is 5.92 Å². The number of carbonyl (C=O) groups is 2. The summed E-state index contributed by atoms with van der Waals surface area (Å²) in [5.74, 6) is -1.55. The Morgan fingerprint density at radius 1 is 1.40 bits per heavy atom. The summed E-state index contributed by atoms with van der Waals surface area (Å²) in [6.45, 7) is 2.00. The number of carboxylic acids is 1. The lowest BCUT2D eigenvalue weighted by molar-refractivity contribution is -0.151. The average Bonchev–Trinajstić information content (AvgIpc) is 2.59. The summed E-state index contributed by atoms with van der Waals surface area (Å²) in [6, 6.07) is 9.42. The van der Waals surface area contributed by atoms with Gasteiger partial charge < -0.3 is 10.0 Å². The number of benzene rings is 1. The number of hydrogen-bond acceptors (Lipinski definition) is 3. The minimum atomic E-state index is -0.951. The van der Waals surface area contributed by atoms with Gasteiger partial charge in [0, 0.05) is 23.4 Å². The van der Waals surface area contributed by atoms with Gasteiger partial charge in [0.25, 0.3) is 0 Å². The maximum Gasteiger partial charge on any atom is 0.304 e. The lowest BCUT2D eigenvalue weighted by Gasteiger charge is -2.44. The molecule has 2 rings (SSSR count). The highest BCUT2D eigenvalue weighted by Gasteiger charge is 2.39. The molecule has 1 aromatic carbocycles. The number of rotatable bonds is 7. The molecule has 0 bridgehead atoms. The van der Waals surface area contributed by atoms with Crippen molar-refractivity contribution in [3.8, 4) is 6.07 Å². The number of amides is 1. The predicted octanol–water partition coefficient (Wildman–Crippen LogP) is 4.18. The number of likely N-dealkylation sites (tertiary alicyclic amines) is 1. The fourth-order valence-electron chi connectivity index (χ4n) is 3.60. The zero-order valence-electron chi connectivity index (χ0n) is 14.3. The Balaban J connectivity index is 2.33. The summed E-state index contributed by atoms with van der Waals surface area (Å²) < 4.78 is 0. The van der Waals surface area contributed by atoms with Gasteiger partial charge in [-0.1, -0.05) is 30.7 Å². The van der Waals surface area contributed by atoms with E-state index in [9.17, 15) is 9.59 Å². The first-order valence-electron chi connectivity index (χ1n) is 8.64. The molecule has 1 aromatic rings. The number of halogens is 1. The number of nitriles is 1. The van der Waals surface area contributed by atoms with Crippen LogP contribution in [-0.2, 0) is 9.59 Å². The number of carbonyl (C=O) groups excluding carboxylic acids is 1. The molecule has 1 unspecified atom stereocenters. The summed E-state index contributed by atoms with van der Waals surface area (Å²) in [7, 11) is 0. The third kappa shape index (κ3) is 4.73. The fourth-order valence-corrected chi connectivity index (χ4v) is 3.73. The third-order valence-electron chi connectivity index (χ3n) is 4.86. The second-order valence-electron chi connectivity index (χ2n) is 6.44. The van der Waals surface area contributed by atoms with Crippen LogP contribution in [0.25, 0.3) is 0 Å². The Morgan fingerprint density at radius 2 is 2.08 bits per heavy atom. The normalized spacial score (nSPS) is 21.6. The molecule has 1 amide bonds. The molecular weight excluding hydrogens is 340 g/mol. The summed E-state index contributed by atoms with van der Waals surface area (Å²) >= 11 is 5.97. The molecule has 1 heterocycles. The Hall–Kier alpha value is -2.06. The van der Waals surface area contributed by atoms with Gasteiger partial charge in [-0.15, -0.1) is 0 Å². The first-order chi connectivity index (χ1) is 12.0. The van der Waals surface area contributed by atoms with Crippen molar-refractivity contribution in [2.75, 3.05) is 0 Å². The van der Waals surface area contributed by atoms with Crippen molar-refractivity contribution >= 4 is 23.5 Å². The van der Waals surface area contributed by atoms with Gasteiger partial charge in [-0.25, -0.2) is 0 Å². The maximum atomic E-state index is 13.0. The molecular formula is C19H23ClN2O3. The van der Waals surface area contributed by atoms with Crippen molar-refractivity contribution in [2.45, 2.75) is 57.5 Å². The van der Waals surface area contributed by atoms with Crippen molar-refractivity contribution in [1.82, 2.24) is 4.90 Å². The Morgan fingerprint density at radius 3 is 2.64 bits per heavy atom. The highest BCUT2D eigenvalue weighted by atomic mass is 35.5. The van der Waals surface area contributed by atoms with E-state index >= 15 is 0 Å². The molecule has 0 radical (unpaired) electrons. The van der Waals surface area contributed by atoms with E-state index in [1.54, 1.807) is 12.1 Å². The van der Waals surface area contributed by atoms with Crippen LogP contribution in [0.15, 0.2) is 24.3 Å². The van der Waals surface area contributed by atoms with Crippen LogP contribution in [0.1, 0.15) is 57.1 Å². The molecule has 1 fully saturated rings. The second kappa shape index (κ2) is 8.87. The molecule has 0 aliphatic carbocycles. The van der Waals surface area contributed by atoms with Crippen LogP contribution >= 0.6 is 11.6 Å². The molecule has 6 heteroatoms. The lowest BCUT2D eigenvalue weighted by Crippen LogP contribution is -2.49. The topological polar surface area (TPSA) is 81.4 Å². The van der Waals surface area contributed by atoms with Crippen molar-refractivity contribution < 1.29 is 14.7 Å². The van der Waals surface area contributed by atoms with Gasteiger partial charge >= 0.3 is 5.97 Å². The van der Waals surface area contributed by atoms with E-state index in [2.05, 4.69) is 6.07 Å². The van der Waals surface area contributed by atoms with Crippen LogP contribution in [0, 0.1) is 17.2 Å². The predicted molar refractivity (Wildman–Crippen MR) is 94.9 cm³/mol. The van der Waals surface area contributed by atoms with E-state index in [1.165, 1.54) is 0 Å². The molecule has 134 valence electrons. The number of nitrogens with zero attached hydrogens (tertiary/aromatic N) is 2. The molecule has 0 aromatic heterocycles. The summed E-state index contributed by atoms with van der Waals surface area (Å²) in [5, 5.41) is 18.6. The number of carboxylic acid groups (broad SMARTS) is 1. The van der Waals surface area contributed by atoms with Crippen LogP contribution in [0.3, 0.4) is 0 Å². The molecule has 25 heavy (non-hydrogen) atoms. The molecule has 5 nitrogen and oxygen atoms in total. The maximum absolute atomic E-state index is 13.0. The molecule has 1 N–H and O–H groups in total. The summed E-state index contributed by atoms with van der Waals surface area (Å²) in [6.07, 6.45) is 2.84. The van der Waals surface area contributed by atoms with Crippen LogP contribution in [0.2, 0.25) is 5.02 Å². The largest absolute Gasteiger partial charge is 0.481 e. The average molecular weight is 363 g/mol. The standard InChI is InChI=1S/C19H23ClN2O3/c1-2-16(4-3-11-21)22-17(13-5-8-15(20)9-6-13)10-7-14(19(22)25)12-18(23)24/h5-6,8-9,14,16-17H,2-4,7,10,12H2,1H3,(H,23,24)/t14-,16+,17?/m1/s1. The van der Waals surface area contributed by atoms with Gasteiger partial charge in [-0.3, -0.25) is 9.59 Å². The first kappa shape index (κ1) is 19.3. The fraction of sp³-hybridized carbons (Fsp3) is 0.526. The van der Waals surface area contributed by atoms with Crippen LogP contribution in [0.5, 0.6) is 0 Å². The van der Waals surface area contributed by atoms with Gasteiger partial charge in [-0.2, -0.15) is 5.26 Å².